The highest BCUT2D eigenvalue weighted by Gasteiger charge is 2.11. The zero-order valence-electron chi connectivity index (χ0n) is 17.4. The second-order valence-electron chi connectivity index (χ2n) is 7.15. The molecule has 1 saturated heterocycles. The van der Waals surface area contributed by atoms with Crippen molar-refractivity contribution in [3.8, 4) is 22.9 Å². The molecule has 0 bridgehead atoms. The Bertz CT molecular complexity index is 887. The lowest BCUT2D eigenvalue weighted by molar-refractivity contribution is 0.238. The van der Waals surface area contributed by atoms with E-state index in [0.717, 1.165) is 36.0 Å². The van der Waals surface area contributed by atoms with Gasteiger partial charge >= 0.3 is 0 Å². The number of ether oxygens (including phenoxy) is 2. The maximum Gasteiger partial charge on any atom is 0.236 e. The molecule has 1 aliphatic rings. The quantitative estimate of drug-likeness (QED) is 0.374. The van der Waals surface area contributed by atoms with Gasteiger partial charge in [0.05, 0.1) is 12.4 Å². The van der Waals surface area contributed by atoms with E-state index in [0.29, 0.717) is 24.1 Å². The zero-order valence-corrected chi connectivity index (χ0v) is 19.1. The molecule has 6 nitrogen and oxygen atoms in total. The smallest absolute Gasteiger partial charge is 0.236 e. The van der Waals surface area contributed by atoms with Crippen LogP contribution in [0.15, 0.2) is 59.1 Å². The molecule has 0 atom stereocenters. The third-order valence-electron chi connectivity index (χ3n) is 4.92. The molecular weight excluding hydrogens is 434 g/mol. The number of hydrogen-bond acceptors (Lipinski definition) is 7. The summed E-state index contributed by atoms with van der Waals surface area (Å²) in [6, 6.07) is 17.7. The van der Waals surface area contributed by atoms with E-state index in [1.165, 1.54) is 25.9 Å². The third kappa shape index (κ3) is 7.45. The summed E-state index contributed by atoms with van der Waals surface area (Å²) in [6.45, 7) is 4.75. The summed E-state index contributed by atoms with van der Waals surface area (Å²) < 4.78 is 16.9. The highest BCUT2D eigenvalue weighted by atomic mass is 35.5. The Morgan fingerprint density at radius 3 is 2.39 bits per heavy atom. The van der Waals surface area contributed by atoms with Gasteiger partial charge in [-0.2, -0.15) is 4.98 Å². The van der Waals surface area contributed by atoms with Gasteiger partial charge in [0.1, 0.15) is 18.1 Å². The summed E-state index contributed by atoms with van der Waals surface area (Å²) in [4.78, 5) is 6.94. The van der Waals surface area contributed by atoms with Gasteiger partial charge in [0.2, 0.25) is 11.7 Å². The molecule has 1 fully saturated rings. The minimum absolute atomic E-state index is 0. The molecular formula is C23H28ClN3O3S. The van der Waals surface area contributed by atoms with Crippen molar-refractivity contribution in [3.05, 3.63) is 60.5 Å². The molecule has 1 aromatic heterocycles. The Balaban J connectivity index is 0.00000272. The lowest BCUT2D eigenvalue weighted by Crippen LogP contribution is -2.25. The van der Waals surface area contributed by atoms with E-state index < -0.39 is 0 Å². The Morgan fingerprint density at radius 2 is 1.61 bits per heavy atom. The van der Waals surface area contributed by atoms with Crippen LogP contribution < -0.4 is 9.47 Å². The first-order chi connectivity index (χ1) is 14.9. The van der Waals surface area contributed by atoms with Crippen molar-refractivity contribution in [1.29, 1.82) is 0 Å². The first kappa shape index (κ1) is 23.4. The van der Waals surface area contributed by atoms with Gasteiger partial charge in [-0.1, -0.05) is 23.4 Å². The van der Waals surface area contributed by atoms with E-state index in [4.69, 9.17) is 14.0 Å². The predicted octanol–water partition coefficient (Wildman–Crippen LogP) is 4.95. The summed E-state index contributed by atoms with van der Waals surface area (Å²) in [7, 11) is 0. The molecule has 31 heavy (non-hydrogen) atoms. The monoisotopic (exact) mass is 461 g/mol. The van der Waals surface area contributed by atoms with Crippen molar-refractivity contribution in [2.45, 2.75) is 18.6 Å². The van der Waals surface area contributed by atoms with Gasteiger partial charge in [-0.15, -0.1) is 24.2 Å². The van der Waals surface area contributed by atoms with Crippen molar-refractivity contribution in [3.63, 3.8) is 0 Å². The molecule has 166 valence electrons. The average Bonchev–Trinajstić information content (AvgIpc) is 3.47. The van der Waals surface area contributed by atoms with Crippen molar-refractivity contribution >= 4 is 24.2 Å². The van der Waals surface area contributed by atoms with Crippen LogP contribution in [0.3, 0.4) is 0 Å². The lowest BCUT2D eigenvalue weighted by Gasteiger charge is -2.14. The highest BCUT2D eigenvalue weighted by Crippen LogP contribution is 2.21. The topological polar surface area (TPSA) is 60.6 Å². The van der Waals surface area contributed by atoms with E-state index in [2.05, 4.69) is 15.0 Å². The van der Waals surface area contributed by atoms with Crippen LogP contribution in [0.1, 0.15) is 18.7 Å². The van der Waals surface area contributed by atoms with E-state index in [1.54, 1.807) is 11.8 Å². The second kappa shape index (κ2) is 12.6. The van der Waals surface area contributed by atoms with Crippen LogP contribution in [0, 0.1) is 0 Å². The fourth-order valence-electron chi connectivity index (χ4n) is 3.32. The van der Waals surface area contributed by atoms with Crippen LogP contribution in [0.5, 0.6) is 11.5 Å². The molecule has 0 aliphatic carbocycles. The number of rotatable bonds is 11. The van der Waals surface area contributed by atoms with Crippen LogP contribution in [0.25, 0.3) is 11.4 Å². The normalized spacial score (nSPS) is 13.7. The van der Waals surface area contributed by atoms with Crippen LogP contribution in [-0.4, -0.2) is 53.6 Å². The van der Waals surface area contributed by atoms with Gasteiger partial charge in [0.25, 0.3) is 0 Å². The SMILES string of the molecule is Cl.c1ccc(OCCSCc2nc(-c3ccc(OCCN4CCCC4)cc3)no2)cc1. The molecule has 2 heterocycles. The van der Waals surface area contributed by atoms with Gasteiger partial charge in [0, 0.05) is 17.9 Å². The van der Waals surface area contributed by atoms with Crippen LogP contribution >= 0.6 is 24.2 Å². The van der Waals surface area contributed by atoms with Crippen molar-refractivity contribution in [2.24, 2.45) is 0 Å². The van der Waals surface area contributed by atoms with E-state index in [9.17, 15) is 0 Å². The summed E-state index contributed by atoms with van der Waals surface area (Å²) >= 11 is 1.71. The fraction of sp³-hybridized carbons (Fsp3) is 0.391. The Hall–Kier alpha value is -2.22. The van der Waals surface area contributed by atoms with Crippen LogP contribution in [0.2, 0.25) is 0 Å². The predicted molar refractivity (Wildman–Crippen MR) is 126 cm³/mol. The summed E-state index contributed by atoms with van der Waals surface area (Å²) in [5.41, 5.74) is 0.925. The lowest BCUT2D eigenvalue weighted by atomic mass is 10.2. The number of thioether (sulfide) groups is 1. The van der Waals surface area contributed by atoms with Gasteiger partial charge < -0.3 is 14.0 Å². The molecule has 4 rings (SSSR count). The van der Waals surface area contributed by atoms with Gasteiger partial charge in [-0.25, -0.2) is 0 Å². The molecule has 8 heteroatoms. The van der Waals surface area contributed by atoms with Crippen molar-refractivity contribution in [1.82, 2.24) is 15.0 Å². The molecule has 0 radical (unpaired) electrons. The summed E-state index contributed by atoms with van der Waals surface area (Å²) in [5, 5.41) is 4.10. The number of likely N-dealkylation sites (tertiary alicyclic amines) is 1. The zero-order chi connectivity index (χ0) is 20.4. The van der Waals surface area contributed by atoms with E-state index in [-0.39, 0.29) is 12.4 Å². The standard InChI is InChI=1S/C23H27N3O3S.ClH/c1-2-6-20(7-3-1)28-16-17-30-18-22-24-23(25-29-22)19-8-10-21(11-9-19)27-15-14-26-12-4-5-13-26;/h1-3,6-11H,4-5,12-18H2;1H. The van der Waals surface area contributed by atoms with Gasteiger partial charge in [-0.3, -0.25) is 4.90 Å². The number of benzene rings is 2. The maximum atomic E-state index is 5.85. The Kier molecular flexibility index (Phi) is 9.52. The number of hydrogen-bond donors (Lipinski definition) is 0. The molecule has 1 aliphatic heterocycles. The molecule has 0 saturated carbocycles. The highest BCUT2D eigenvalue weighted by molar-refractivity contribution is 7.98. The maximum absolute atomic E-state index is 5.85. The molecule has 0 amide bonds. The Labute approximate surface area is 193 Å². The second-order valence-corrected chi connectivity index (χ2v) is 8.25. The minimum Gasteiger partial charge on any atom is -0.493 e. The number of aromatic nitrogens is 2. The first-order valence-electron chi connectivity index (χ1n) is 10.4. The van der Waals surface area contributed by atoms with Crippen LogP contribution in [0.4, 0.5) is 0 Å². The molecule has 2 aromatic carbocycles. The van der Waals surface area contributed by atoms with E-state index in [1.807, 2.05) is 54.6 Å². The fourth-order valence-corrected chi connectivity index (χ4v) is 3.96. The average molecular weight is 462 g/mol. The molecule has 0 N–H and O–H groups in total. The first-order valence-corrected chi connectivity index (χ1v) is 11.6. The van der Waals surface area contributed by atoms with E-state index >= 15 is 0 Å². The molecule has 3 aromatic rings. The Morgan fingerprint density at radius 1 is 0.903 bits per heavy atom. The number of para-hydroxylation sites is 1. The third-order valence-corrected chi connectivity index (χ3v) is 5.83. The summed E-state index contributed by atoms with van der Waals surface area (Å²) in [5.74, 6) is 4.52. The minimum atomic E-state index is 0. The molecule has 0 spiro atoms. The van der Waals surface area contributed by atoms with Gasteiger partial charge in [0.15, 0.2) is 0 Å². The number of nitrogens with zero attached hydrogens (tertiary/aromatic N) is 3. The van der Waals surface area contributed by atoms with Crippen molar-refractivity contribution in [2.75, 3.05) is 38.6 Å². The molecule has 0 unspecified atom stereocenters. The van der Waals surface area contributed by atoms with Crippen molar-refractivity contribution < 1.29 is 14.0 Å². The number of halogens is 1. The summed E-state index contributed by atoms with van der Waals surface area (Å²) in [6.07, 6.45) is 2.61. The largest absolute Gasteiger partial charge is 0.493 e. The van der Waals surface area contributed by atoms with Gasteiger partial charge in [-0.05, 0) is 62.3 Å². The van der Waals surface area contributed by atoms with Crippen LogP contribution in [-0.2, 0) is 5.75 Å².